The van der Waals surface area contributed by atoms with Crippen LogP contribution in [0.15, 0.2) is 12.1 Å². The maximum Gasteiger partial charge on any atom is 0.416 e. The highest BCUT2D eigenvalue weighted by atomic mass is 35.5. The first-order chi connectivity index (χ1) is 9.79. The van der Waals surface area contributed by atoms with Crippen LogP contribution in [0, 0.1) is 0 Å². The summed E-state index contributed by atoms with van der Waals surface area (Å²) >= 11 is 19.8. The van der Waals surface area contributed by atoms with Crippen LogP contribution in [0.3, 0.4) is 0 Å². The van der Waals surface area contributed by atoms with E-state index in [4.69, 9.17) is 34.8 Å². The molecular formula is C12H6Cl3F3N2S. The SMILES string of the molecule is FC(F)(F)c1cc(Cl)c(-n2nc3c(c2Cl)CSC3)c(Cl)c1. The lowest BCUT2D eigenvalue weighted by atomic mass is 10.2. The Kier molecular flexibility index (Phi) is 3.84. The van der Waals surface area contributed by atoms with E-state index in [0.29, 0.717) is 16.7 Å². The van der Waals surface area contributed by atoms with Crippen LogP contribution in [0.1, 0.15) is 16.8 Å². The number of aromatic nitrogens is 2. The van der Waals surface area contributed by atoms with Crippen LogP contribution in [0.25, 0.3) is 5.69 Å². The van der Waals surface area contributed by atoms with Gasteiger partial charge in [0.25, 0.3) is 0 Å². The summed E-state index contributed by atoms with van der Waals surface area (Å²) in [6.07, 6.45) is -4.52. The Balaban J connectivity index is 2.16. The first kappa shape index (κ1) is 15.3. The maximum absolute atomic E-state index is 12.7. The molecule has 1 aromatic carbocycles. The Morgan fingerprint density at radius 2 is 1.71 bits per heavy atom. The number of benzene rings is 1. The Hall–Kier alpha value is -0.560. The van der Waals surface area contributed by atoms with Crippen molar-refractivity contribution in [2.45, 2.75) is 17.7 Å². The molecule has 1 aromatic heterocycles. The van der Waals surface area contributed by atoms with E-state index >= 15 is 0 Å². The van der Waals surface area contributed by atoms with Crippen LogP contribution in [0.5, 0.6) is 0 Å². The van der Waals surface area contributed by atoms with Gasteiger partial charge in [-0.1, -0.05) is 34.8 Å². The Bertz CT molecular complexity index is 704. The fourth-order valence-electron chi connectivity index (χ4n) is 2.06. The van der Waals surface area contributed by atoms with E-state index in [-0.39, 0.29) is 15.7 Å². The minimum atomic E-state index is -4.52. The van der Waals surface area contributed by atoms with Crippen LogP contribution < -0.4 is 0 Å². The van der Waals surface area contributed by atoms with Gasteiger partial charge in [-0.15, -0.1) is 0 Å². The third-order valence-electron chi connectivity index (χ3n) is 3.05. The predicted octanol–water partition coefficient (Wildman–Crippen LogP) is 5.60. The van der Waals surface area contributed by atoms with Crippen molar-refractivity contribution in [1.82, 2.24) is 9.78 Å². The monoisotopic (exact) mass is 372 g/mol. The summed E-state index contributed by atoms with van der Waals surface area (Å²) in [7, 11) is 0. The van der Waals surface area contributed by atoms with E-state index in [1.165, 1.54) is 4.68 Å². The number of hydrogen-bond acceptors (Lipinski definition) is 2. The summed E-state index contributed by atoms with van der Waals surface area (Å²) in [5.74, 6) is 1.42. The second kappa shape index (κ2) is 5.26. The number of fused-ring (bicyclic) bond motifs is 1. The van der Waals surface area contributed by atoms with Crippen molar-refractivity contribution in [3.05, 3.63) is 44.2 Å². The quantitative estimate of drug-likeness (QED) is 0.648. The van der Waals surface area contributed by atoms with Crippen LogP contribution in [-0.4, -0.2) is 9.78 Å². The molecule has 3 rings (SSSR count). The molecule has 1 aliphatic rings. The van der Waals surface area contributed by atoms with Crippen molar-refractivity contribution in [2.24, 2.45) is 0 Å². The number of nitrogens with zero attached hydrogens (tertiary/aromatic N) is 2. The van der Waals surface area contributed by atoms with Crippen molar-refractivity contribution >= 4 is 46.6 Å². The molecule has 0 saturated heterocycles. The van der Waals surface area contributed by atoms with Crippen molar-refractivity contribution in [2.75, 3.05) is 0 Å². The molecule has 0 N–H and O–H groups in total. The van der Waals surface area contributed by atoms with Crippen LogP contribution >= 0.6 is 46.6 Å². The molecule has 0 saturated carbocycles. The first-order valence-corrected chi connectivity index (χ1v) is 7.98. The number of halogens is 6. The zero-order valence-corrected chi connectivity index (χ0v) is 13.2. The molecule has 0 spiro atoms. The van der Waals surface area contributed by atoms with Crippen molar-refractivity contribution in [1.29, 1.82) is 0 Å². The molecular weight excluding hydrogens is 368 g/mol. The third kappa shape index (κ3) is 2.63. The van der Waals surface area contributed by atoms with Gasteiger partial charge in [0.2, 0.25) is 0 Å². The minimum absolute atomic E-state index is 0.148. The van der Waals surface area contributed by atoms with Crippen LogP contribution in [0.2, 0.25) is 15.2 Å². The molecule has 0 bridgehead atoms. The van der Waals surface area contributed by atoms with E-state index in [2.05, 4.69) is 5.10 Å². The normalized spacial score (nSPS) is 14.6. The molecule has 0 fully saturated rings. The molecule has 2 heterocycles. The molecule has 112 valence electrons. The molecule has 0 atom stereocenters. The minimum Gasteiger partial charge on any atom is -0.219 e. The van der Waals surface area contributed by atoms with Gasteiger partial charge < -0.3 is 0 Å². The summed E-state index contributed by atoms with van der Waals surface area (Å²) in [5, 5.41) is 4.32. The highest BCUT2D eigenvalue weighted by molar-refractivity contribution is 7.98. The van der Waals surface area contributed by atoms with Crippen molar-refractivity contribution < 1.29 is 13.2 Å². The van der Waals surface area contributed by atoms with Gasteiger partial charge in [-0.05, 0) is 12.1 Å². The van der Waals surface area contributed by atoms with Gasteiger partial charge in [0.15, 0.2) is 0 Å². The highest BCUT2D eigenvalue weighted by Crippen LogP contribution is 2.41. The molecule has 2 aromatic rings. The van der Waals surface area contributed by atoms with E-state index in [9.17, 15) is 13.2 Å². The maximum atomic E-state index is 12.7. The van der Waals surface area contributed by atoms with Gasteiger partial charge in [-0.25, -0.2) is 4.68 Å². The number of hydrogen-bond donors (Lipinski definition) is 0. The second-order valence-corrected chi connectivity index (χ2v) is 6.56. The lowest BCUT2D eigenvalue weighted by Gasteiger charge is -2.13. The highest BCUT2D eigenvalue weighted by Gasteiger charge is 2.33. The van der Waals surface area contributed by atoms with Crippen LogP contribution in [-0.2, 0) is 17.7 Å². The molecule has 0 radical (unpaired) electrons. The van der Waals surface area contributed by atoms with Gasteiger partial charge in [0, 0.05) is 17.1 Å². The number of alkyl halides is 3. The Morgan fingerprint density at radius 3 is 2.24 bits per heavy atom. The van der Waals surface area contributed by atoms with Crippen molar-refractivity contribution in [3.8, 4) is 5.69 Å². The van der Waals surface area contributed by atoms with Gasteiger partial charge >= 0.3 is 6.18 Å². The van der Waals surface area contributed by atoms with E-state index in [1.807, 2.05) is 0 Å². The molecule has 0 aliphatic carbocycles. The average molecular weight is 374 g/mol. The fraction of sp³-hybridized carbons (Fsp3) is 0.250. The Morgan fingerprint density at radius 1 is 1.10 bits per heavy atom. The third-order valence-corrected chi connectivity index (χ3v) is 4.98. The smallest absolute Gasteiger partial charge is 0.219 e. The zero-order chi connectivity index (χ0) is 15.4. The predicted molar refractivity (Wildman–Crippen MR) is 78.6 cm³/mol. The second-order valence-electron chi connectivity index (χ2n) is 4.41. The van der Waals surface area contributed by atoms with Crippen molar-refractivity contribution in [3.63, 3.8) is 0 Å². The standard InChI is InChI=1S/C12H6Cl3F3N2S/c13-7-1-5(12(16,17)18)2-8(14)10(7)20-11(15)6-3-21-4-9(6)19-20/h1-2H,3-4H2. The fourth-order valence-corrected chi connectivity index (χ4v) is 4.12. The first-order valence-electron chi connectivity index (χ1n) is 5.69. The molecule has 21 heavy (non-hydrogen) atoms. The molecule has 1 aliphatic heterocycles. The van der Waals surface area contributed by atoms with Gasteiger partial charge in [-0.2, -0.15) is 30.0 Å². The van der Waals surface area contributed by atoms with Crippen LogP contribution in [0.4, 0.5) is 13.2 Å². The van der Waals surface area contributed by atoms with E-state index in [1.54, 1.807) is 11.8 Å². The van der Waals surface area contributed by atoms with Gasteiger partial charge in [0.1, 0.15) is 10.8 Å². The summed E-state index contributed by atoms with van der Waals surface area (Å²) in [6.45, 7) is 0. The largest absolute Gasteiger partial charge is 0.416 e. The van der Waals surface area contributed by atoms with Gasteiger partial charge in [0.05, 0.1) is 21.3 Å². The summed E-state index contributed by atoms with van der Waals surface area (Å²) in [5.41, 5.74) is 0.925. The molecule has 0 unspecified atom stereocenters. The molecule has 0 amide bonds. The van der Waals surface area contributed by atoms with E-state index < -0.39 is 11.7 Å². The summed E-state index contributed by atoms with van der Waals surface area (Å²) in [6, 6.07) is 1.64. The zero-order valence-electron chi connectivity index (χ0n) is 10.1. The lowest BCUT2D eigenvalue weighted by Crippen LogP contribution is -2.07. The lowest BCUT2D eigenvalue weighted by molar-refractivity contribution is -0.137. The van der Waals surface area contributed by atoms with E-state index in [0.717, 1.165) is 23.4 Å². The summed E-state index contributed by atoms with van der Waals surface area (Å²) in [4.78, 5) is 0. The molecule has 2 nitrogen and oxygen atoms in total. The molecule has 9 heteroatoms. The van der Waals surface area contributed by atoms with Gasteiger partial charge in [-0.3, -0.25) is 0 Å². The summed E-state index contributed by atoms with van der Waals surface area (Å²) < 4.78 is 39.5. The Labute approximate surface area is 137 Å². The average Bonchev–Trinajstić information content (AvgIpc) is 2.92. The number of thioether (sulfide) groups is 1. The topological polar surface area (TPSA) is 17.8 Å². The number of rotatable bonds is 1.